The first-order valence-electron chi connectivity index (χ1n) is 7.57. The first-order valence-corrected chi connectivity index (χ1v) is 7.98. The number of anilines is 2. The maximum Gasteiger partial charge on any atom is 0.225 e. The zero-order valence-electron chi connectivity index (χ0n) is 12.7. The predicted octanol–water partition coefficient (Wildman–Crippen LogP) is 3.29. The van der Waals surface area contributed by atoms with Crippen molar-refractivity contribution in [2.24, 2.45) is 0 Å². The number of carbonyl (C=O) groups is 1. The molecule has 0 aromatic heterocycles. The van der Waals surface area contributed by atoms with Gasteiger partial charge in [-0.25, -0.2) is 0 Å². The number of thiocarbonyl (C=S) groups is 1. The lowest BCUT2D eigenvalue weighted by Gasteiger charge is -2.35. The number of nitrogens with one attached hydrogen (secondary N) is 2. The summed E-state index contributed by atoms with van der Waals surface area (Å²) in [4.78, 5) is 13.7. The van der Waals surface area contributed by atoms with Gasteiger partial charge in [0.1, 0.15) is 0 Å². The van der Waals surface area contributed by atoms with Gasteiger partial charge < -0.3 is 15.5 Å². The van der Waals surface area contributed by atoms with Crippen LogP contribution in [0.2, 0.25) is 0 Å². The Hall–Kier alpha value is -1.62. The molecule has 21 heavy (non-hydrogen) atoms. The highest BCUT2D eigenvalue weighted by molar-refractivity contribution is 7.80. The van der Waals surface area contributed by atoms with Crippen LogP contribution >= 0.6 is 12.2 Å². The Morgan fingerprint density at radius 1 is 1.33 bits per heavy atom. The molecule has 1 amide bonds. The monoisotopic (exact) mass is 305 g/mol. The Bertz CT molecular complexity index is 501. The van der Waals surface area contributed by atoms with Crippen LogP contribution in [0.5, 0.6) is 0 Å². The van der Waals surface area contributed by atoms with Gasteiger partial charge in [-0.1, -0.05) is 6.92 Å². The van der Waals surface area contributed by atoms with E-state index in [1.165, 1.54) is 24.9 Å². The van der Waals surface area contributed by atoms with Gasteiger partial charge in [0.05, 0.1) is 0 Å². The number of carbonyl (C=O) groups excluding carboxylic acids is 1. The van der Waals surface area contributed by atoms with E-state index in [4.69, 9.17) is 12.2 Å². The average Bonchev–Trinajstić information content (AvgIpc) is 2.48. The summed E-state index contributed by atoms with van der Waals surface area (Å²) in [6.45, 7) is 5.20. The fourth-order valence-corrected chi connectivity index (χ4v) is 2.83. The van der Waals surface area contributed by atoms with E-state index in [-0.39, 0.29) is 5.91 Å². The topological polar surface area (TPSA) is 44.4 Å². The molecule has 1 aliphatic heterocycles. The Morgan fingerprint density at radius 3 is 2.67 bits per heavy atom. The van der Waals surface area contributed by atoms with Crippen LogP contribution in [0.3, 0.4) is 0 Å². The van der Waals surface area contributed by atoms with Gasteiger partial charge in [0.15, 0.2) is 5.11 Å². The van der Waals surface area contributed by atoms with Crippen molar-refractivity contribution < 1.29 is 4.79 Å². The molecular weight excluding hydrogens is 282 g/mol. The fraction of sp³-hybridized carbons (Fsp3) is 0.500. The van der Waals surface area contributed by atoms with Crippen molar-refractivity contribution >= 4 is 34.6 Å². The SMILES string of the molecule is CCC(=O)NC(=S)Nc1ccc(N2CCCC[C@@H]2C)cc1. The Balaban J connectivity index is 1.95. The molecule has 5 heteroatoms. The molecule has 0 spiro atoms. The summed E-state index contributed by atoms with van der Waals surface area (Å²) in [5, 5.41) is 6.01. The van der Waals surface area contributed by atoms with Crippen molar-refractivity contribution in [2.75, 3.05) is 16.8 Å². The summed E-state index contributed by atoms with van der Waals surface area (Å²) >= 11 is 5.10. The molecule has 0 radical (unpaired) electrons. The third-order valence-electron chi connectivity index (χ3n) is 3.83. The number of nitrogens with zero attached hydrogens (tertiary/aromatic N) is 1. The van der Waals surface area contributed by atoms with Crippen LogP contribution in [0.1, 0.15) is 39.5 Å². The van der Waals surface area contributed by atoms with E-state index in [1.807, 2.05) is 12.1 Å². The molecule has 0 aliphatic carbocycles. The van der Waals surface area contributed by atoms with Gasteiger partial charge in [0, 0.05) is 30.4 Å². The minimum atomic E-state index is -0.0775. The smallest absolute Gasteiger partial charge is 0.225 e. The normalized spacial score (nSPS) is 18.2. The zero-order chi connectivity index (χ0) is 15.2. The minimum absolute atomic E-state index is 0.0775. The summed E-state index contributed by atoms with van der Waals surface area (Å²) in [7, 11) is 0. The van der Waals surface area contributed by atoms with Gasteiger partial charge >= 0.3 is 0 Å². The van der Waals surface area contributed by atoms with Crippen LogP contribution in [0.15, 0.2) is 24.3 Å². The molecule has 114 valence electrons. The molecule has 1 aliphatic rings. The van der Waals surface area contributed by atoms with Gasteiger partial charge in [-0.05, 0) is 62.7 Å². The maximum absolute atomic E-state index is 11.3. The lowest BCUT2D eigenvalue weighted by molar-refractivity contribution is -0.119. The number of piperidine rings is 1. The van der Waals surface area contributed by atoms with Crippen LogP contribution in [-0.2, 0) is 4.79 Å². The third kappa shape index (κ3) is 4.43. The Labute approximate surface area is 131 Å². The number of hydrogen-bond donors (Lipinski definition) is 2. The van der Waals surface area contributed by atoms with Crippen molar-refractivity contribution in [2.45, 2.75) is 45.6 Å². The molecule has 1 atom stereocenters. The zero-order valence-corrected chi connectivity index (χ0v) is 13.5. The fourth-order valence-electron chi connectivity index (χ4n) is 2.60. The highest BCUT2D eigenvalue weighted by Gasteiger charge is 2.18. The molecule has 1 fully saturated rings. The van der Waals surface area contributed by atoms with E-state index >= 15 is 0 Å². The molecule has 2 rings (SSSR count). The summed E-state index contributed by atoms with van der Waals surface area (Å²) in [5.41, 5.74) is 2.14. The maximum atomic E-state index is 11.3. The molecule has 0 unspecified atom stereocenters. The van der Waals surface area contributed by atoms with Crippen LogP contribution in [0, 0.1) is 0 Å². The van der Waals surface area contributed by atoms with Crippen LogP contribution in [0.25, 0.3) is 0 Å². The standard InChI is InChI=1S/C16H23N3OS/c1-3-15(20)18-16(21)17-13-7-9-14(10-8-13)19-11-5-4-6-12(19)2/h7-10,12H,3-6,11H2,1-2H3,(H2,17,18,20,21)/t12-/m0/s1. The molecular formula is C16H23N3OS. The highest BCUT2D eigenvalue weighted by atomic mass is 32.1. The van der Waals surface area contributed by atoms with E-state index in [2.05, 4.69) is 34.6 Å². The first kappa shape index (κ1) is 15.8. The van der Waals surface area contributed by atoms with Gasteiger partial charge in [-0.3, -0.25) is 4.79 Å². The van der Waals surface area contributed by atoms with Crippen LogP contribution < -0.4 is 15.5 Å². The number of rotatable bonds is 3. The number of amides is 1. The molecule has 1 aromatic rings. The molecule has 0 bridgehead atoms. The lowest BCUT2D eigenvalue weighted by atomic mass is 10.0. The van der Waals surface area contributed by atoms with Gasteiger partial charge in [0.25, 0.3) is 0 Å². The highest BCUT2D eigenvalue weighted by Crippen LogP contribution is 2.25. The minimum Gasteiger partial charge on any atom is -0.369 e. The van der Waals surface area contributed by atoms with E-state index < -0.39 is 0 Å². The summed E-state index contributed by atoms with van der Waals surface area (Å²) in [5.74, 6) is -0.0775. The quantitative estimate of drug-likeness (QED) is 0.841. The molecule has 1 aromatic carbocycles. The molecule has 1 saturated heterocycles. The summed E-state index contributed by atoms with van der Waals surface area (Å²) in [6.07, 6.45) is 4.26. The van der Waals surface area contributed by atoms with Gasteiger partial charge in [-0.2, -0.15) is 0 Å². The molecule has 4 nitrogen and oxygen atoms in total. The molecule has 1 heterocycles. The van der Waals surface area contributed by atoms with Crippen molar-refractivity contribution in [1.82, 2.24) is 5.32 Å². The predicted molar refractivity (Wildman–Crippen MR) is 91.8 cm³/mol. The average molecular weight is 305 g/mol. The van der Waals surface area contributed by atoms with Gasteiger partial charge in [-0.15, -0.1) is 0 Å². The van der Waals surface area contributed by atoms with E-state index in [0.29, 0.717) is 17.6 Å². The van der Waals surface area contributed by atoms with Crippen LogP contribution in [0.4, 0.5) is 11.4 Å². The second-order valence-electron chi connectivity index (χ2n) is 5.44. The van der Waals surface area contributed by atoms with Crippen molar-refractivity contribution in [3.05, 3.63) is 24.3 Å². The van der Waals surface area contributed by atoms with E-state index in [1.54, 1.807) is 6.92 Å². The largest absolute Gasteiger partial charge is 0.369 e. The second-order valence-corrected chi connectivity index (χ2v) is 5.85. The Morgan fingerprint density at radius 2 is 2.05 bits per heavy atom. The summed E-state index contributed by atoms with van der Waals surface area (Å²) < 4.78 is 0. The number of hydrogen-bond acceptors (Lipinski definition) is 3. The summed E-state index contributed by atoms with van der Waals surface area (Å²) in [6, 6.07) is 8.81. The Kier molecular flexibility index (Phi) is 5.56. The third-order valence-corrected chi connectivity index (χ3v) is 4.04. The second kappa shape index (κ2) is 7.41. The number of benzene rings is 1. The molecule has 2 N–H and O–H groups in total. The molecule has 0 saturated carbocycles. The van der Waals surface area contributed by atoms with E-state index in [9.17, 15) is 4.79 Å². The van der Waals surface area contributed by atoms with E-state index in [0.717, 1.165) is 12.2 Å². The van der Waals surface area contributed by atoms with Crippen LogP contribution in [-0.4, -0.2) is 23.6 Å². The lowest BCUT2D eigenvalue weighted by Crippen LogP contribution is -2.37. The van der Waals surface area contributed by atoms with Crippen molar-refractivity contribution in [1.29, 1.82) is 0 Å². The van der Waals surface area contributed by atoms with Gasteiger partial charge in [0.2, 0.25) is 5.91 Å². The van der Waals surface area contributed by atoms with Crippen molar-refractivity contribution in [3.63, 3.8) is 0 Å². The van der Waals surface area contributed by atoms with Crippen molar-refractivity contribution in [3.8, 4) is 0 Å². The first-order chi connectivity index (χ1) is 10.1.